The maximum atomic E-state index is 9.53. The number of nitrogens with zero attached hydrogens (tertiary/aromatic N) is 1. The van der Waals surface area contributed by atoms with E-state index in [2.05, 4.69) is 25.7 Å². The number of hydrogen-bond acceptors (Lipinski definition) is 3. The van der Waals surface area contributed by atoms with Gasteiger partial charge >= 0.3 is 0 Å². The summed E-state index contributed by atoms with van der Waals surface area (Å²) in [6, 6.07) is 0.226. The Balaban J connectivity index is 2.57. The van der Waals surface area contributed by atoms with Gasteiger partial charge in [0, 0.05) is 12.1 Å². The Morgan fingerprint density at radius 2 is 2.00 bits per heavy atom. The van der Waals surface area contributed by atoms with Gasteiger partial charge in [0.25, 0.3) is 0 Å². The zero-order valence-corrected chi connectivity index (χ0v) is 11.0. The Bertz CT molecular complexity index is 196. The summed E-state index contributed by atoms with van der Waals surface area (Å²) in [5.41, 5.74) is 6.19. The quantitative estimate of drug-likeness (QED) is 0.766. The Morgan fingerprint density at radius 1 is 1.31 bits per heavy atom. The average Bonchev–Trinajstić information content (AvgIpc) is 2.45. The molecule has 0 aromatic heterocycles. The van der Waals surface area contributed by atoms with E-state index in [1.807, 2.05) is 0 Å². The lowest BCUT2D eigenvalue weighted by molar-refractivity contribution is 0.0935. The molecular formula is C13H28N2O. The van der Waals surface area contributed by atoms with Gasteiger partial charge in [-0.05, 0) is 44.2 Å². The molecule has 3 atom stereocenters. The third-order valence-electron chi connectivity index (χ3n) is 3.92. The second-order valence-corrected chi connectivity index (χ2v) is 5.64. The van der Waals surface area contributed by atoms with Crippen LogP contribution in [0.2, 0.25) is 0 Å². The second kappa shape index (κ2) is 6.58. The molecule has 16 heavy (non-hydrogen) atoms. The Hall–Kier alpha value is -0.120. The van der Waals surface area contributed by atoms with Crippen LogP contribution >= 0.6 is 0 Å². The molecule has 0 aromatic rings. The van der Waals surface area contributed by atoms with Gasteiger partial charge in [-0.25, -0.2) is 0 Å². The molecule has 1 aliphatic rings. The van der Waals surface area contributed by atoms with Crippen molar-refractivity contribution in [3.63, 3.8) is 0 Å². The van der Waals surface area contributed by atoms with Crippen LogP contribution in [-0.2, 0) is 0 Å². The molecule has 3 heteroatoms. The molecule has 3 nitrogen and oxygen atoms in total. The minimum absolute atomic E-state index is 0.0819. The summed E-state index contributed by atoms with van der Waals surface area (Å²) < 4.78 is 0. The third kappa shape index (κ3) is 3.72. The lowest BCUT2D eigenvalue weighted by atomic mass is 9.96. The highest BCUT2D eigenvalue weighted by Gasteiger charge is 2.27. The molecule has 0 bridgehead atoms. The minimum atomic E-state index is 0.0819. The van der Waals surface area contributed by atoms with E-state index in [0.29, 0.717) is 5.92 Å². The molecule has 1 rings (SSSR count). The topological polar surface area (TPSA) is 49.5 Å². The number of aliphatic hydroxyl groups is 1. The van der Waals surface area contributed by atoms with Crippen molar-refractivity contribution in [3.8, 4) is 0 Å². The van der Waals surface area contributed by atoms with Crippen LogP contribution in [0.25, 0.3) is 0 Å². The molecule has 0 aromatic carbocycles. The second-order valence-electron chi connectivity index (χ2n) is 5.64. The van der Waals surface area contributed by atoms with Crippen LogP contribution in [-0.4, -0.2) is 41.8 Å². The number of aliphatic hydroxyl groups excluding tert-OH is 1. The SMILES string of the molecule is CC1CCCN(C(CO)C(N)C(C)C)CC1. The van der Waals surface area contributed by atoms with Crippen LogP contribution in [0.5, 0.6) is 0 Å². The largest absolute Gasteiger partial charge is 0.395 e. The summed E-state index contributed by atoms with van der Waals surface area (Å²) in [7, 11) is 0. The minimum Gasteiger partial charge on any atom is -0.395 e. The summed E-state index contributed by atoms with van der Waals surface area (Å²) in [6.45, 7) is 8.96. The van der Waals surface area contributed by atoms with Gasteiger partial charge in [-0.3, -0.25) is 4.90 Å². The van der Waals surface area contributed by atoms with Gasteiger partial charge in [0.1, 0.15) is 0 Å². The zero-order chi connectivity index (χ0) is 12.1. The molecule has 1 saturated heterocycles. The van der Waals surface area contributed by atoms with Crippen molar-refractivity contribution in [2.45, 2.75) is 52.1 Å². The van der Waals surface area contributed by atoms with Gasteiger partial charge in [0.15, 0.2) is 0 Å². The van der Waals surface area contributed by atoms with Crippen molar-refractivity contribution in [1.29, 1.82) is 0 Å². The van der Waals surface area contributed by atoms with Crippen LogP contribution in [0.3, 0.4) is 0 Å². The number of hydrogen-bond donors (Lipinski definition) is 2. The molecule has 1 aliphatic heterocycles. The van der Waals surface area contributed by atoms with Crippen LogP contribution in [0.4, 0.5) is 0 Å². The van der Waals surface area contributed by atoms with E-state index in [1.165, 1.54) is 19.3 Å². The first-order valence-electron chi connectivity index (χ1n) is 6.66. The first-order chi connectivity index (χ1) is 7.56. The van der Waals surface area contributed by atoms with Crippen molar-refractivity contribution < 1.29 is 5.11 Å². The maximum Gasteiger partial charge on any atom is 0.0602 e. The number of rotatable bonds is 4. The van der Waals surface area contributed by atoms with Crippen molar-refractivity contribution in [2.24, 2.45) is 17.6 Å². The van der Waals surface area contributed by atoms with E-state index < -0.39 is 0 Å². The van der Waals surface area contributed by atoms with Crippen molar-refractivity contribution in [2.75, 3.05) is 19.7 Å². The van der Waals surface area contributed by atoms with Crippen molar-refractivity contribution >= 4 is 0 Å². The zero-order valence-electron chi connectivity index (χ0n) is 11.0. The molecule has 3 unspecified atom stereocenters. The molecular weight excluding hydrogens is 200 g/mol. The maximum absolute atomic E-state index is 9.53. The van der Waals surface area contributed by atoms with Crippen LogP contribution in [0.1, 0.15) is 40.0 Å². The van der Waals surface area contributed by atoms with Gasteiger partial charge in [-0.2, -0.15) is 0 Å². The fraction of sp³-hybridized carbons (Fsp3) is 1.00. The summed E-state index contributed by atoms with van der Waals surface area (Å²) in [5, 5.41) is 9.53. The number of nitrogens with two attached hydrogens (primary N) is 1. The van der Waals surface area contributed by atoms with E-state index in [-0.39, 0.29) is 18.7 Å². The van der Waals surface area contributed by atoms with Crippen LogP contribution in [0, 0.1) is 11.8 Å². The normalized spacial score (nSPS) is 27.8. The van der Waals surface area contributed by atoms with Gasteiger partial charge in [-0.15, -0.1) is 0 Å². The van der Waals surface area contributed by atoms with E-state index in [4.69, 9.17) is 5.73 Å². The third-order valence-corrected chi connectivity index (χ3v) is 3.92. The fourth-order valence-corrected chi connectivity index (χ4v) is 2.54. The molecule has 0 aliphatic carbocycles. The van der Waals surface area contributed by atoms with Gasteiger partial charge in [-0.1, -0.05) is 20.8 Å². The fourth-order valence-electron chi connectivity index (χ4n) is 2.54. The number of likely N-dealkylation sites (tertiary alicyclic amines) is 1. The standard InChI is InChI=1S/C13H28N2O/c1-10(2)13(14)12(9-16)15-7-4-5-11(3)6-8-15/h10-13,16H,4-9,14H2,1-3H3. The van der Waals surface area contributed by atoms with Gasteiger partial charge < -0.3 is 10.8 Å². The Kier molecular flexibility index (Phi) is 5.73. The highest BCUT2D eigenvalue weighted by molar-refractivity contribution is 4.85. The van der Waals surface area contributed by atoms with Crippen molar-refractivity contribution in [1.82, 2.24) is 4.90 Å². The van der Waals surface area contributed by atoms with Crippen LogP contribution in [0.15, 0.2) is 0 Å². The highest BCUT2D eigenvalue weighted by Crippen LogP contribution is 2.20. The molecule has 0 spiro atoms. The Labute approximate surface area is 100 Å². The summed E-state index contributed by atoms with van der Waals surface area (Å²) in [6.07, 6.45) is 3.79. The van der Waals surface area contributed by atoms with Gasteiger partial charge in [0.05, 0.1) is 6.61 Å². The summed E-state index contributed by atoms with van der Waals surface area (Å²) in [4.78, 5) is 2.40. The van der Waals surface area contributed by atoms with Crippen LogP contribution < -0.4 is 5.73 Å². The molecule has 3 N–H and O–H groups in total. The molecule has 1 heterocycles. The van der Waals surface area contributed by atoms with E-state index >= 15 is 0 Å². The summed E-state index contributed by atoms with van der Waals surface area (Å²) in [5.74, 6) is 1.25. The molecule has 0 amide bonds. The smallest absolute Gasteiger partial charge is 0.0602 e. The van der Waals surface area contributed by atoms with Gasteiger partial charge in [0.2, 0.25) is 0 Å². The van der Waals surface area contributed by atoms with E-state index in [9.17, 15) is 5.11 Å². The van der Waals surface area contributed by atoms with Crippen molar-refractivity contribution in [3.05, 3.63) is 0 Å². The summed E-state index contributed by atoms with van der Waals surface area (Å²) >= 11 is 0. The van der Waals surface area contributed by atoms with E-state index in [0.717, 1.165) is 19.0 Å². The molecule has 0 saturated carbocycles. The lowest BCUT2D eigenvalue weighted by Crippen LogP contribution is -2.52. The highest BCUT2D eigenvalue weighted by atomic mass is 16.3. The Morgan fingerprint density at radius 3 is 2.56 bits per heavy atom. The molecule has 0 radical (unpaired) electrons. The first-order valence-corrected chi connectivity index (χ1v) is 6.66. The predicted octanol–water partition coefficient (Wildman–Crippen LogP) is 1.45. The first kappa shape index (κ1) is 13.9. The lowest BCUT2D eigenvalue weighted by Gasteiger charge is -2.35. The molecule has 1 fully saturated rings. The van der Waals surface area contributed by atoms with E-state index in [1.54, 1.807) is 0 Å². The molecule has 96 valence electrons. The monoisotopic (exact) mass is 228 g/mol. The average molecular weight is 228 g/mol. The predicted molar refractivity (Wildman–Crippen MR) is 68.3 cm³/mol.